The van der Waals surface area contributed by atoms with Gasteiger partial charge >= 0.3 is 0 Å². The topological polar surface area (TPSA) is 90.9 Å². The van der Waals surface area contributed by atoms with Crippen LogP contribution in [0.1, 0.15) is 50.3 Å². The molecule has 0 unspecified atom stereocenters. The van der Waals surface area contributed by atoms with Gasteiger partial charge in [-0.05, 0) is 62.6 Å². The minimum atomic E-state index is 0.0455. The summed E-state index contributed by atoms with van der Waals surface area (Å²) in [6, 6.07) is 5.91. The molecule has 1 aliphatic heterocycles. The number of anilines is 1. The summed E-state index contributed by atoms with van der Waals surface area (Å²) in [5, 5.41) is 0. The second-order valence-electron chi connectivity index (χ2n) is 9.64. The lowest BCUT2D eigenvalue weighted by molar-refractivity contribution is -0.134. The van der Waals surface area contributed by atoms with E-state index in [1.54, 1.807) is 0 Å². The molecule has 1 N–H and O–H groups in total. The second kappa shape index (κ2) is 7.83. The first-order chi connectivity index (χ1) is 15.6. The Morgan fingerprint density at radius 1 is 1.12 bits per heavy atom. The maximum Gasteiger partial charge on any atom is 0.227 e. The molecule has 4 heterocycles. The van der Waals surface area contributed by atoms with Crippen molar-refractivity contribution in [3.8, 4) is 11.5 Å². The van der Waals surface area contributed by atoms with E-state index >= 15 is 0 Å². The van der Waals surface area contributed by atoms with Crippen LogP contribution in [0.3, 0.4) is 0 Å². The largest absolute Gasteiger partial charge is 0.356 e. The number of amides is 1. The van der Waals surface area contributed by atoms with Crippen LogP contribution in [0.15, 0.2) is 24.4 Å². The van der Waals surface area contributed by atoms with Crippen molar-refractivity contribution in [2.75, 3.05) is 31.6 Å². The summed E-state index contributed by atoms with van der Waals surface area (Å²) >= 11 is 0. The predicted octanol–water partition coefficient (Wildman–Crippen LogP) is 3.38. The zero-order chi connectivity index (χ0) is 21.7. The number of fused-ring (bicyclic) bond motifs is 1. The number of rotatable bonds is 6. The van der Waals surface area contributed by atoms with E-state index in [1.807, 2.05) is 36.3 Å². The lowest BCUT2D eigenvalue weighted by Gasteiger charge is -2.34. The van der Waals surface area contributed by atoms with Gasteiger partial charge < -0.3 is 14.8 Å². The van der Waals surface area contributed by atoms with Gasteiger partial charge in [-0.3, -0.25) is 4.79 Å². The number of aromatic nitrogens is 5. The van der Waals surface area contributed by atoms with Crippen molar-refractivity contribution in [2.45, 2.75) is 44.4 Å². The van der Waals surface area contributed by atoms with Crippen LogP contribution in [-0.2, 0) is 4.79 Å². The van der Waals surface area contributed by atoms with Gasteiger partial charge in [-0.15, -0.1) is 0 Å². The van der Waals surface area contributed by atoms with Crippen molar-refractivity contribution in [1.29, 1.82) is 0 Å². The SMILES string of the molecule is CN(CC1CC1)C(=O)[C@@H]1CCCN(c2ccc3nc(-c4ccnc(C5CC5)n4)[nH]c3n2)C1. The Hall–Kier alpha value is -3.03. The van der Waals surface area contributed by atoms with E-state index in [-0.39, 0.29) is 11.8 Å². The lowest BCUT2D eigenvalue weighted by atomic mass is 9.96. The minimum absolute atomic E-state index is 0.0455. The van der Waals surface area contributed by atoms with E-state index in [0.29, 0.717) is 5.92 Å². The van der Waals surface area contributed by atoms with Gasteiger partial charge in [0, 0.05) is 38.8 Å². The van der Waals surface area contributed by atoms with Gasteiger partial charge in [0.25, 0.3) is 0 Å². The predicted molar refractivity (Wildman–Crippen MR) is 122 cm³/mol. The van der Waals surface area contributed by atoms with Crippen molar-refractivity contribution in [1.82, 2.24) is 29.8 Å². The lowest BCUT2D eigenvalue weighted by Crippen LogP contribution is -2.44. The number of aromatic amines is 1. The average Bonchev–Trinajstić information content (AvgIpc) is 3.76. The number of nitrogens with one attached hydrogen (secondary N) is 1. The molecule has 6 rings (SSSR count). The summed E-state index contributed by atoms with van der Waals surface area (Å²) in [6.45, 7) is 2.55. The summed E-state index contributed by atoms with van der Waals surface area (Å²) < 4.78 is 0. The molecule has 166 valence electrons. The van der Waals surface area contributed by atoms with Crippen LogP contribution in [0.5, 0.6) is 0 Å². The number of piperidine rings is 1. The second-order valence-corrected chi connectivity index (χ2v) is 9.64. The zero-order valence-corrected chi connectivity index (χ0v) is 18.5. The molecular formula is C24H29N7O. The van der Waals surface area contributed by atoms with Crippen LogP contribution in [0.2, 0.25) is 0 Å². The van der Waals surface area contributed by atoms with Crippen molar-refractivity contribution >= 4 is 22.9 Å². The van der Waals surface area contributed by atoms with Crippen LogP contribution in [-0.4, -0.2) is 62.4 Å². The maximum atomic E-state index is 12.9. The molecule has 0 radical (unpaired) electrons. The Morgan fingerprint density at radius 3 is 2.81 bits per heavy atom. The summed E-state index contributed by atoms with van der Waals surface area (Å²) in [5.74, 6) is 4.08. The fourth-order valence-electron chi connectivity index (χ4n) is 4.70. The van der Waals surface area contributed by atoms with Crippen molar-refractivity contribution < 1.29 is 4.79 Å². The van der Waals surface area contributed by atoms with Crippen LogP contribution >= 0.6 is 0 Å². The third-order valence-corrected chi connectivity index (χ3v) is 6.89. The van der Waals surface area contributed by atoms with Gasteiger partial charge in [0.05, 0.1) is 5.92 Å². The minimum Gasteiger partial charge on any atom is -0.356 e. The van der Waals surface area contributed by atoms with E-state index < -0.39 is 0 Å². The maximum absolute atomic E-state index is 12.9. The van der Waals surface area contributed by atoms with Crippen molar-refractivity contribution in [2.24, 2.45) is 11.8 Å². The molecule has 3 aliphatic rings. The van der Waals surface area contributed by atoms with Gasteiger partial charge in [-0.2, -0.15) is 0 Å². The number of imidazole rings is 1. The van der Waals surface area contributed by atoms with Gasteiger partial charge in [0.2, 0.25) is 5.91 Å². The van der Waals surface area contributed by atoms with E-state index in [0.717, 1.165) is 72.7 Å². The summed E-state index contributed by atoms with van der Waals surface area (Å²) in [4.78, 5) is 39.1. The monoisotopic (exact) mass is 431 g/mol. The normalized spacial score (nSPS) is 21.2. The number of carbonyl (C=O) groups excluding carboxylic acids is 1. The molecule has 3 aromatic rings. The fraction of sp³-hybridized carbons (Fsp3) is 0.542. The van der Waals surface area contributed by atoms with Crippen molar-refractivity contribution in [3.05, 3.63) is 30.2 Å². The van der Waals surface area contributed by atoms with Crippen LogP contribution in [0, 0.1) is 11.8 Å². The first kappa shape index (κ1) is 19.6. The summed E-state index contributed by atoms with van der Waals surface area (Å²) in [5.41, 5.74) is 2.39. The third-order valence-electron chi connectivity index (χ3n) is 6.89. The molecule has 32 heavy (non-hydrogen) atoms. The van der Waals surface area contributed by atoms with Gasteiger partial charge in [0.15, 0.2) is 11.5 Å². The Labute approximate surface area is 187 Å². The van der Waals surface area contributed by atoms with Crippen molar-refractivity contribution in [3.63, 3.8) is 0 Å². The summed E-state index contributed by atoms with van der Waals surface area (Å²) in [7, 11) is 1.96. The molecule has 0 spiro atoms. The van der Waals surface area contributed by atoms with Gasteiger partial charge in [0.1, 0.15) is 22.9 Å². The van der Waals surface area contributed by atoms with Crippen LogP contribution in [0.25, 0.3) is 22.7 Å². The molecular weight excluding hydrogens is 402 g/mol. The molecule has 1 amide bonds. The molecule has 2 aliphatic carbocycles. The molecule has 2 saturated carbocycles. The Bertz CT molecular complexity index is 1150. The number of hydrogen-bond acceptors (Lipinski definition) is 6. The third kappa shape index (κ3) is 3.94. The fourth-order valence-corrected chi connectivity index (χ4v) is 4.70. The number of hydrogen-bond donors (Lipinski definition) is 1. The summed E-state index contributed by atoms with van der Waals surface area (Å²) in [6.07, 6.45) is 8.65. The first-order valence-electron chi connectivity index (χ1n) is 11.8. The Kier molecular flexibility index (Phi) is 4.81. The van der Waals surface area contributed by atoms with E-state index in [9.17, 15) is 4.79 Å². The van der Waals surface area contributed by atoms with Gasteiger partial charge in [-0.1, -0.05) is 0 Å². The first-order valence-corrected chi connectivity index (χ1v) is 11.8. The molecule has 1 atom stereocenters. The van der Waals surface area contributed by atoms with Crippen LogP contribution < -0.4 is 4.90 Å². The molecule has 0 bridgehead atoms. The van der Waals surface area contributed by atoms with Crippen LogP contribution in [0.4, 0.5) is 5.82 Å². The zero-order valence-electron chi connectivity index (χ0n) is 18.5. The number of carbonyl (C=O) groups is 1. The molecule has 1 saturated heterocycles. The molecule has 3 aromatic heterocycles. The van der Waals surface area contributed by atoms with E-state index in [4.69, 9.17) is 15.0 Å². The highest BCUT2D eigenvalue weighted by molar-refractivity contribution is 5.80. The number of pyridine rings is 1. The molecule has 0 aromatic carbocycles. The molecule has 3 fully saturated rings. The quantitative estimate of drug-likeness (QED) is 0.643. The van der Waals surface area contributed by atoms with Gasteiger partial charge in [-0.25, -0.2) is 19.9 Å². The highest BCUT2D eigenvalue weighted by Crippen LogP contribution is 2.38. The highest BCUT2D eigenvalue weighted by Gasteiger charge is 2.32. The number of nitrogens with zero attached hydrogens (tertiary/aromatic N) is 6. The van der Waals surface area contributed by atoms with E-state index in [2.05, 4.69) is 14.9 Å². The molecule has 8 nitrogen and oxygen atoms in total. The standard InChI is InChI=1S/C24H29N7O/c1-30(13-15-4-5-15)24(32)17-3-2-12-31(14-17)20-9-8-18-23(28-20)29-22(27-18)19-10-11-25-21(26-19)16-6-7-16/h8-11,15-17H,2-7,12-14H2,1H3,(H,27,28,29)/t17-/m1/s1. The van der Waals surface area contributed by atoms with E-state index in [1.165, 1.54) is 25.7 Å². The molecule has 8 heteroatoms. The highest BCUT2D eigenvalue weighted by atomic mass is 16.2. The average molecular weight is 432 g/mol. The smallest absolute Gasteiger partial charge is 0.227 e. The Morgan fingerprint density at radius 2 is 2.00 bits per heavy atom. The number of H-pyrrole nitrogens is 1. The Balaban J connectivity index is 1.20.